The van der Waals surface area contributed by atoms with Gasteiger partial charge in [0, 0.05) is 13.1 Å². The summed E-state index contributed by atoms with van der Waals surface area (Å²) in [4.78, 5) is 23.8. The fourth-order valence-electron chi connectivity index (χ4n) is 2.28. The predicted molar refractivity (Wildman–Crippen MR) is 54.6 cm³/mol. The highest BCUT2D eigenvalue weighted by Gasteiger charge is 2.36. The number of hydrogen-bond donors (Lipinski definition) is 0. The smallest absolute Gasteiger partial charge is 0.316 e. The summed E-state index contributed by atoms with van der Waals surface area (Å²) in [5.41, 5.74) is 2.36. The SMILES string of the molecule is COC(=O)C1CC2=C(C1)CN(C(=O)Cl)C2. The minimum absolute atomic E-state index is 0.0485. The van der Waals surface area contributed by atoms with E-state index in [2.05, 4.69) is 0 Å². The second-order valence-corrected chi connectivity index (χ2v) is 4.27. The third-order valence-corrected chi connectivity index (χ3v) is 3.27. The van der Waals surface area contributed by atoms with Crippen LogP contribution >= 0.6 is 11.6 Å². The van der Waals surface area contributed by atoms with E-state index in [1.165, 1.54) is 18.3 Å². The number of likely N-dealkylation sites (tertiary alicyclic amines) is 1. The second kappa shape index (κ2) is 3.85. The molecule has 4 nitrogen and oxygen atoms in total. The van der Waals surface area contributed by atoms with Crippen molar-refractivity contribution >= 4 is 22.9 Å². The van der Waals surface area contributed by atoms with Gasteiger partial charge in [0.1, 0.15) is 0 Å². The summed E-state index contributed by atoms with van der Waals surface area (Å²) in [6.45, 7) is 1.15. The molecule has 82 valence electrons. The Balaban J connectivity index is 1.96. The lowest BCUT2D eigenvalue weighted by atomic mass is 10.0. The van der Waals surface area contributed by atoms with Gasteiger partial charge in [0.2, 0.25) is 0 Å². The summed E-state index contributed by atoms with van der Waals surface area (Å²) in [6, 6.07) is 0. The summed E-state index contributed by atoms with van der Waals surface area (Å²) in [7, 11) is 1.40. The van der Waals surface area contributed by atoms with Crippen LogP contribution in [0.5, 0.6) is 0 Å². The van der Waals surface area contributed by atoms with E-state index in [1.807, 2.05) is 0 Å². The lowest BCUT2D eigenvalue weighted by molar-refractivity contribution is -0.145. The quantitative estimate of drug-likeness (QED) is 0.297. The summed E-state index contributed by atoms with van der Waals surface area (Å²) >= 11 is 5.39. The van der Waals surface area contributed by atoms with E-state index in [4.69, 9.17) is 16.3 Å². The molecule has 1 aliphatic heterocycles. The Hall–Kier alpha value is -1.03. The third-order valence-electron chi connectivity index (χ3n) is 3.03. The molecule has 5 heteroatoms. The minimum atomic E-state index is -0.418. The Bertz CT molecular complexity index is 333. The number of ether oxygens (including phenoxy) is 1. The van der Waals surface area contributed by atoms with Gasteiger partial charge in [-0.15, -0.1) is 0 Å². The summed E-state index contributed by atoms with van der Waals surface area (Å²) in [5, 5.41) is -0.418. The molecule has 0 fully saturated rings. The van der Waals surface area contributed by atoms with E-state index in [0.29, 0.717) is 25.9 Å². The number of halogens is 1. The van der Waals surface area contributed by atoms with Crippen LogP contribution in [0.3, 0.4) is 0 Å². The molecule has 0 aromatic heterocycles. The van der Waals surface area contributed by atoms with Gasteiger partial charge >= 0.3 is 11.3 Å². The van der Waals surface area contributed by atoms with Crippen LogP contribution in [0.4, 0.5) is 4.79 Å². The normalized spacial score (nSPS) is 20.8. The highest BCUT2D eigenvalue weighted by molar-refractivity contribution is 6.62. The van der Waals surface area contributed by atoms with Gasteiger partial charge in [-0.3, -0.25) is 9.59 Å². The van der Waals surface area contributed by atoms with Crippen molar-refractivity contribution in [3.05, 3.63) is 11.1 Å². The van der Waals surface area contributed by atoms with Gasteiger partial charge in [-0.1, -0.05) is 0 Å². The van der Waals surface area contributed by atoms with Crippen LogP contribution in [0, 0.1) is 5.92 Å². The lowest BCUT2D eigenvalue weighted by Gasteiger charge is -2.16. The molecule has 0 radical (unpaired) electrons. The van der Waals surface area contributed by atoms with Crippen molar-refractivity contribution in [1.29, 1.82) is 0 Å². The van der Waals surface area contributed by atoms with Crippen LogP contribution in [0.2, 0.25) is 0 Å². The first kappa shape index (κ1) is 10.5. The van der Waals surface area contributed by atoms with Crippen LogP contribution < -0.4 is 0 Å². The molecule has 0 saturated carbocycles. The topological polar surface area (TPSA) is 46.6 Å². The number of methoxy groups -OCH3 is 1. The highest BCUT2D eigenvalue weighted by Crippen LogP contribution is 2.37. The molecule has 2 aliphatic rings. The van der Waals surface area contributed by atoms with Crippen LogP contribution in [-0.4, -0.2) is 36.4 Å². The summed E-state index contributed by atoms with van der Waals surface area (Å²) in [6.07, 6.45) is 1.42. The van der Waals surface area contributed by atoms with Gasteiger partial charge < -0.3 is 9.64 Å². The van der Waals surface area contributed by atoms with Crippen molar-refractivity contribution < 1.29 is 14.3 Å². The van der Waals surface area contributed by atoms with Crippen molar-refractivity contribution in [2.24, 2.45) is 5.92 Å². The van der Waals surface area contributed by atoms with Gasteiger partial charge in [-0.2, -0.15) is 0 Å². The van der Waals surface area contributed by atoms with E-state index in [-0.39, 0.29) is 11.9 Å². The fraction of sp³-hybridized carbons (Fsp3) is 0.600. The number of rotatable bonds is 1. The van der Waals surface area contributed by atoms with Crippen LogP contribution in [0.1, 0.15) is 12.8 Å². The maximum atomic E-state index is 11.3. The monoisotopic (exact) mass is 229 g/mol. The van der Waals surface area contributed by atoms with Crippen LogP contribution in [-0.2, 0) is 9.53 Å². The van der Waals surface area contributed by atoms with E-state index < -0.39 is 5.37 Å². The molecular formula is C10H12ClNO3. The van der Waals surface area contributed by atoms with Gasteiger partial charge in [0.05, 0.1) is 13.0 Å². The zero-order valence-corrected chi connectivity index (χ0v) is 9.21. The van der Waals surface area contributed by atoms with E-state index in [9.17, 15) is 9.59 Å². The summed E-state index contributed by atoms with van der Waals surface area (Å²) < 4.78 is 4.70. The molecule has 2 rings (SSSR count). The molecule has 0 unspecified atom stereocenters. The first-order chi connectivity index (χ1) is 7.11. The Morgan fingerprint density at radius 1 is 1.33 bits per heavy atom. The molecule has 1 aliphatic carbocycles. The Morgan fingerprint density at radius 3 is 2.27 bits per heavy atom. The number of carbonyl (C=O) groups is 2. The van der Waals surface area contributed by atoms with E-state index in [1.54, 1.807) is 4.90 Å². The van der Waals surface area contributed by atoms with Crippen molar-refractivity contribution in [1.82, 2.24) is 4.90 Å². The van der Waals surface area contributed by atoms with Crippen LogP contribution in [0.25, 0.3) is 0 Å². The number of hydrogen-bond acceptors (Lipinski definition) is 3. The van der Waals surface area contributed by atoms with E-state index in [0.717, 1.165) is 0 Å². The van der Waals surface area contributed by atoms with E-state index >= 15 is 0 Å². The molecule has 1 amide bonds. The lowest BCUT2D eigenvalue weighted by Crippen LogP contribution is -2.26. The molecule has 0 bridgehead atoms. The highest BCUT2D eigenvalue weighted by atomic mass is 35.5. The maximum absolute atomic E-state index is 11.3. The molecule has 0 aromatic carbocycles. The van der Waals surface area contributed by atoms with Crippen molar-refractivity contribution in [3.8, 4) is 0 Å². The first-order valence-corrected chi connectivity index (χ1v) is 5.21. The zero-order valence-electron chi connectivity index (χ0n) is 8.46. The molecule has 0 spiro atoms. The molecule has 0 N–H and O–H groups in total. The molecule has 15 heavy (non-hydrogen) atoms. The Kier molecular flexibility index (Phi) is 2.69. The number of amides is 1. The second-order valence-electron chi connectivity index (χ2n) is 3.94. The number of esters is 1. The van der Waals surface area contributed by atoms with Gasteiger partial charge in [-0.25, -0.2) is 0 Å². The van der Waals surface area contributed by atoms with Crippen molar-refractivity contribution in [2.75, 3.05) is 20.2 Å². The minimum Gasteiger partial charge on any atom is -0.469 e. The first-order valence-electron chi connectivity index (χ1n) is 4.84. The summed E-state index contributed by atoms with van der Waals surface area (Å²) in [5.74, 6) is -0.208. The zero-order chi connectivity index (χ0) is 11.0. The third kappa shape index (κ3) is 1.86. The average molecular weight is 230 g/mol. The standard InChI is InChI=1S/C10H12ClNO3/c1-15-9(13)6-2-7-4-12(10(11)14)5-8(7)3-6/h6H,2-5H2,1H3. The number of carbonyl (C=O) groups excluding carboxylic acids is 2. The van der Waals surface area contributed by atoms with Gasteiger partial charge in [0.25, 0.3) is 0 Å². The van der Waals surface area contributed by atoms with Crippen molar-refractivity contribution in [3.63, 3.8) is 0 Å². The van der Waals surface area contributed by atoms with Gasteiger partial charge in [-0.05, 0) is 35.6 Å². The Morgan fingerprint density at radius 2 is 1.87 bits per heavy atom. The molecular weight excluding hydrogens is 218 g/mol. The largest absolute Gasteiger partial charge is 0.469 e. The van der Waals surface area contributed by atoms with Crippen LogP contribution in [0.15, 0.2) is 11.1 Å². The predicted octanol–water partition coefficient (Wildman–Crippen LogP) is 1.54. The maximum Gasteiger partial charge on any atom is 0.316 e. The Labute approximate surface area is 92.8 Å². The van der Waals surface area contributed by atoms with Gasteiger partial charge in [0.15, 0.2) is 0 Å². The molecule has 0 atom stereocenters. The molecule has 0 saturated heterocycles. The molecule has 1 heterocycles. The molecule has 0 aromatic rings. The average Bonchev–Trinajstić information content (AvgIpc) is 2.72. The number of nitrogens with zero attached hydrogens (tertiary/aromatic N) is 1. The fourth-order valence-corrected chi connectivity index (χ4v) is 2.40. The van der Waals surface area contributed by atoms with Crippen molar-refractivity contribution in [2.45, 2.75) is 12.8 Å².